The quantitative estimate of drug-likeness (QED) is 0.567. The highest BCUT2D eigenvalue weighted by molar-refractivity contribution is 7.80. The lowest BCUT2D eigenvalue weighted by Gasteiger charge is -2.20. The fourth-order valence-corrected chi connectivity index (χ4v) is 2.35. The van der Waals surface area contributed by atoms with E-state index < -0.39 is 0 Å². The van der Waals surface area contributed by atoms with E-state index in [0.717, 1.165) is 36.6 Å². The zero-order chi connectivity index (χ0) is 15.3. The van der Waals surface area contributed by atoms with Crippen molar-refractivity contribution in [3.63, 3.8) is 0 Å². The predicted molar refractivity (Wildman–Crippen MR) is 89.3 cm³/mol. The Morgan fingerprint density at radius 3 is 2.65 bits per heavy atom. The second-order valence-corrected chi connectivity index (χ2v) is 5.94. The molecule has 0 spiro atoms. The van der Waals surface area contributed by atoms with Gasteiger partial charge in [-0.15, -0.1) is 0 Å². The summed E-state index contributed by atoms with van der Waals surface area (Å²) in [6.45, 7) is 8.37. The van der Waals surface area contributed by atoms with Gasteiger partial charge in [0.15, 0.2) is 0 Å². The fourth-order valence-electron chi connectivity index (χ4n) is 2.11. The average molecular weight is 297 g/mol. The third kappa shape index (κ3) is 4.45. The van der Waals surface area contributed by atoms with Gasteiger partial charge >= 0.3 is 0 Å². The second kappa shape index (κ2) is 7.59. The second-order valence-electron chi connectivity index (χ2n) is 5.51. The molecule has 0 unspecified atom stereocenters. The molecule has 0 bridgehead atoms. The summed E-state index contributed by atoms with van der Waals surface area (Å²) in [7, 11) is 4.07. The van der Waals surface area contributed by atoms with Crippen molar-refractivity contribution in [3.8, 4) is 0 Å². The van der Waals surface area contributed by atoms with Crippen molar-refractivity contribution in [3.05, 3.63) is 11.3 Å². The molecule has 0 aromatic carbocycles. The first-order valence-electron chi connectivity index (χ1n) is 7.12. The molecule has 0 radical (unpaired) electrons. The lowest BCUT2D eigenvalue weighted by molar-refractivity contribution is 0.269. The van der Waals surface area contributed by atoms with E-state index in [2.05, 4.69) is 36.2 Å². The summed E-state index contributed by atoms with van der Waals surface area (Å²) in [6.07, 6.45) is 2.28. The maximum atomic E-state index is 5.76. The number of nitrogens with one attached hydrogen (secondary N) is 1. The van der Waals surface area contributed by atoms with Gasteiger partial charge in [-0.05, 0) is 47.2 Å². The molecule has 0 saturated heterocycles. The van der Waals surface area contributed by atoms with Gasteiger partial charge in [0, 0.05) is 19.6 Å². The van der Waals surface area contributed by atoms with Crippen LogP contribution in [-0.2, 0) is 7.05 Å². The van der Waals surface area contributed by atoms with Crippen molar-refractivity contribution in [2.75, 3.05) is 25.5 Å². The van der Waals surface area contributed by atoms with Gasteiger partial charge in [-0.25, -0.2) is 0 Å². The molecular weight excluding hydrogens is 270 g/mol. The minimum atomic E-state index is 0.401. The molecule has 0 aliphatic heterocycles. The van der Waals surface area contributed by atoms with Crippen molar-refractivity contribution in [1.82, 2.24) is 14.7 Å². The maximum Gasteiger partial charge on any atom is 0.134 e. The molecule has 1 rings (SSSR count). The molecule has 0 aliphatic carbocycles. The summed E-state index contributed by atoms with van der Waals surface area (Å²) in [5.74, 6) is 0.923. The molecule has 1 aromatic rings. The number of aromatic nitrogens is 2. The van der Waals surface area contributed by atoms with E-state index in [1.807, 2.05) is 18.7 Å². The molecule has 5 nitrogen and oxygen atoms in total. The van der Waals surface area contributed by atoms with Crippen LogP contribution in [0.4, 0.5) is 5.82 Å². The highest BCUT2D eigenvalue weighted by Crippen LogP contribution is 2.18. The van der Waals surface area contributed by atoms with Crippen LogP contribution in [0.2, 0.25) is 0 Å². The van der Waals surface area contributed by atoms with Gasteiger partial charge in [0.1, 0.15) is 10.8 Å². The van der Waals surface area contributed by atoms with Gasteiger partial charge in [0.05, 0.1) is 11.3 Å². The molecular formula is C14H27N5S. The highest BCUT2D eigenvalue weighted by Gasteiger charge is 2.14. The monoisotopic (exact) mass is 297 g/mol. The Morgan fingerprint density at radius 2 is 2.10 bits per heavy atom. The van der Waals surface area contributed by atoms with E-state index in [1.165, 1.54) is 6.42 Å². The van der Waals surface area contributed by atoms with Gasteiger partial charge in [-0.3, -0.25) is 4.68 Å². The summed E-state index contributed by atoms with van der Waals surface area (Å²) in [5, 5.41) is 7.76. The van der Waals surface area contributed by atoms with Crippen LogP contribution in [0.1, 0.15) is 37.9 Å². The molecule has 0 amide bonds. The standard InChI is InChI=1S/C14H27N5S/c1-10(2)18(4)9-7-6-8-16-14-12(13(15)20)11(3)17-19(14)5/h10,16H,6-9H2,1-5H3,(H2,15,20). The van der Waals surface area contributed by atoms with Crippen molar-refractivity contribution < 1.29 is 0 Å². The topological polar surface area (TPSA) is 59.1 Å². The van der Waals surface area contributed by atoms with Crippen molar-refractivity contribution in [2.45, 2.75) is 39.7 Å². The third-order valence-corrected chi connectivity index (χ3v) is 3.78. The Balaban J connectivity index is 2.45. The molecule has 114 valence electrons. The van der Waals surface area contributed by atoms with E-state index in [4.69, 9.17) is 18.0 Å². The van der Waals surface area contributed by atoms with Crippen LogP contribution in [0, 0.1) is 6.92 Å². The Kier molecular flexibility index (Phi) is 6.42. The van der Waals surface area contributed by atoms with E-state index >= 15 is 0 Å². The summed E-state index contributed by atoms with van der Waals surface area (Å²) < 4.78 is 1.81. The molecule has 0 atom stereocenters. The van der Waals surface area contributed by atoms with Crippen LogP contribution in [0.3, 0.4) is 0 Å². The van der Waals surface area contributed by atoms with Crippen LogP contribution in [-0.4, -0.2) is 45.8 Å². The van der Waals surface area contributed by atoms with Gasteiger partial charge in [-0.2, -0.15) is 5.10 Å². The fraction of sp³-hybridized carbons (Fsp3) is 0.714. The van der Waals surface area contributed by atoms with Gasteiger partial charge in [-0.1, -0.05) is 12.2 Å². The number of rotatable bonds is 8. The van der Waals surface area contributed by atoms with Crippen LogP contribution < -0.4 is 11.1 Å². The van der Waals surface area contributed by atoms with Gasteiger partial charge in [0.2, 0.25) is 0 Å². The van der Waals surface area contributed by atoms with Crippen molar-refractivity contribution >= 4 is 23.0 Å². The number of anilines is 1. The van der Waals surface area contributed by atoms with E-state index in [1.54, 1.807) is 0 Å². The van der Waals surface area contributed by atoms with E-state index in [9.17, 15) is 0 Å². The lowest BCUT2D eigenvalue weighted by Crippen LogP contribution is -2.27. The smallest absolute Gasteiger partial charge is 0.134 e. The largest absolute Gasteiger partial charge is 0.389 e. The number of nitrogens with zero attached hydrogens (tertiary/aromatic N) is 3. The normalized spacial score (nSPS) is 11.3. The minimum absolute atomic E-state index is 0.401. The first-order valence-corrected chi connectivity index (χ1v) is 7.53. The summed E-state index contributed by atoms with van der Waals surface area (Å²) >= 11 is 5.09. The lowest BCUT2D eigenvalue weighted by atomic mass is 10.2. The zero-order valence-corrected chi connectivity index (χ0v) is 14.0. The molecule has 20 heavy (non-hydrogen) atoms. The number of hydrogen-bond acceptors (Lipinski definition) is 4. The molecule has 1 aromatic heterocycles. The van der Waals surface area contributed by atoms with Gasteiger partial charge < -0.3 is 16.0 Å². The molecule has 0 saturated carbocycles. The molecule has 0 aliphatic rings. The van der Waals surface area contributed by atoms with Crippen LogP contribution in [0.5, 0.6) is 0 Å². The predicted octanol–water partition coefficient (Wildman–Crippen LogP) is 1.90. The number of hydrogen-bond donors (Lipinski definition) is 2. The Labute approximate surface area is 127 Å². The van der Waals surface area contributed by atoms with Crippen LogP contribution in [0.25, 0.3) is 0 Å². The summed E-state index contributed by atoms with van der Waals surface area (Å²) in [6, 6.07) is 0.601. The van der Waals surface area contributed by atoms with Crippen LogP contribution in [0.15, 0.2) is 0 Å². The highest BCUT2D eigenvalue weighted by atomic mass is 32.1. The SMILES string of the molecule is Cc1nn(C)c(NCCCCN(C)C(C)C)c1C(N)=S. The Bertz CT molecular complexity index is 453. The number of thiocarbonyl (C=S) groups is 1. The third-order valence-electron chi connectivity index (χ3n) is 3.58. The van der Waals surface area contributed by atoms with E-state index in [-0.39, 0.29) is 0 Å². The molecule has 3 N–H and O–H groups in total. The number of unbranched alkanes of at least 4 members (excludes halogenated alkanes) is 1. The Morgan fingerprint density at radius 1 is 1.45 bits per heavy atom. The van der Waals surface area contributed by atoms with Crippen molar-refractivity contribution in [1.29, 1.82) is 0 Å². The minimum Gasteiger partial charge on any atom is -0.389 e. The zero-order valence-electron chi connectivity index (χ0n) is 13.2. The molecule has 1 heterocycles. The average Bonchev–Trinajstić information content (AvgIpc) is 2.63. The summed E-state index contributed by atoms with van der Waals surface area (Å²) in [5.41, 5.74) is 7.50. The maximum absolute atomic E-state index is 5.76. The summed E-state index contributed by atoms with van der Waals surface area (Å²) in [4.78, 5) is 2.76. The van der Waals surface area contributed by atoms with E-state index in [0.29, 0.717) is 11.0 Å². The van der Waals surface area contributed by atoms with Gasteiger partial charge in [0.25, 0.3) is 0 Å². The number of nitrogens with two attached hydrogens (primary N) is 1. The molecule has 6 heteroatoms. The Hall–Kier alpha value is -1.14. The first kappa shape index (κ1) is 16.9. The van der Waals surface area contributed by atoms with Crippen molar-refractivity contribution in [2.24, 2.45) is 12.8 Å². The first-order chi connectivity index (χ1) is 9.34. The number of aryl methyl sites for hydroxylation is 2. The van der Waals surface area contributed by atoms with Crippen LogP contribution >= 0.6 is 12.2 Å². The molecule has 0 fully saturated rings.